The van der Waals surface area contributed by atoms with Crippen LogP contribution in [0.4, 0.5) is 5.69 Å². The van der Waals surface area contributed by atoms with Crippen molar-refractivity contribution in [1.82, 2.24) is 4.90 Å². The van der Waals surface area contributed by atoms with E-state index in [9.17, 15) is 4.79 Å². The smallest absolute Gasteiger partial charge is 0.134 e. The molecule has 5 heteroatoms. The van der Waals surface area contributed by atoms with Crippen LogP contribution in [0.3, 0.4) is 0 Å². The maximum absolute atomic E-state index is 12.1. The number of hydrogen-bond acceptors (Lipinski definition) is 4. The first-order valence-electron chi connectivity index (χ1n) is 10.9. The fourth-order valence-electron chi connectivity index (χ4n) is 3.90. The van der Waals surface area contributed by atoms with Gasteiger partial charge in [-0.05, 0) is 47.8 Å². The Hall–Kier alpha value is -2.04. The van der Waals surface area contributed by atoms with Crippen molar-refractivity contribution < 1.29 is 9.53 Å². The van der Waals surface area contributed by atoms with Gasteiger partial charge in [-0.1, -0.05) is 50.6 Å². The van der Waals surface area contributed by atoms with Gasteiger partial charge in [-0.3, -0.25) is 4.90 Å². The second-order valence-corrected chi connectivity index (χ2v) is 8.75. The van der Waals surface area contributed by atoms with Crippen molar-refractivity contribution in [3.8, 4) is 0 Å². The van der Waals surface area contributed by atoms with Gasteiger partial charge in [0.1, 0.15) is 12.0 Å². The number of allylic oxidation sites excluding steroid dienone is 5. The Morgan fingerprint density at radius 2 is 1.97 bits per heavy atom. The summed E-state index contributed by atoms with van der Waals surface area (Å²) in [4.78, 5) is 16.9. The normalized spacial score (nSPS) is 20.4. The molecule has 1 aromatic carbocycles. The molecule has 4 nitrogen and oxygen atoms in total. The predicted molar refractivity (Wildman–Crippen MR) is 125 cm³/mol. The van der Waals surface area contributed by atoms with E-state index < -0.39 is 0 Å². The number of ether oxygens (including phenoxy) is 1. The predicted octanol–water partition coefficient (Wildman–Crippen LogP) is 5.11. The number of halogens is 1. The van der Waals surface area contributed by atoms with E-state index in [1.807, 2.05) is 18.2 Å². The first-order valence-corrected chi connectivity index (χ1v) is 11.3. The fraction of sp³-hybridized carbons (Fsp3) is 0.480. The van der Waals surface area contributed by atoms with Crippen molar-refractivity contribution in [2.45, 2.75) is 27.2 Å². The highest BCUT2D eigenvalue weighted by molar-refractivity contribution is 6.30. The number of carbonyl (C=O) groups is 1. The molecular weight excluding hydrogens is 396 g/mol. The summed E-state index contributed by atoms with van der Waals surface area (Å²) >= 11 is 6.15. The van der Waals surface area contributed by atoms with Crippen LogP contribution in [0.2, 0.25) is 5.02 Å². The second kappa shape index (κ2) is 10.8. The van der Waals surface area contributed by atoms with Gasteiger partial charge in [0.2, 0.25) is 0 Å². The fourth-order valence-corrected chi connectivity index (χ4v) is 4.09. The maximum Gasteiger partial charge on any atom is 0.134 e. The van der Waals surface area contributed by atoms with Gasteiger partial charge < -0.3 is 14.4 Å². The molecule has 1 aliphatic carbocycles. The summed E-state index contributed by atoms with van der Waals surface area (Å²) in [5.41, 5.74) is 3.48. The third-order valence-corrected chi connectivity index (χ3v) is 5.97. The Balaban J connectivity index is 1.70. The van der Waals surface area contributed by atoms with Crippen LogP contribution in [0.1, 0.15) is 27.2 Å². The second-order valence-electron chi connectivity index (χ2n) is 8.31. The van der Waals surface area contributed by atoms with E-state index in [4.69, 9.17) is 16.3 Å². The minimum Gasteiger partial charge on any atom is -0.497 e. The zero-order valence-corrected chi connectivity index (χ0v) is 19.1. The van der Waals surface area contributed by atoms with Crippen molar-refractivity contribution in [2.24, 2.45) is 11.8 Å². The molecule has 1 heterocycles. The summed E-state index contributed by atoms with van der Waals surface area (Å²) < 4.78 is 6.01. The highest BCUT2D eigenvalue weighted by Crippen LogP contribution is 2.29. The van der Waals surface area contributed by atoms with Crippen molar-refractivity contribution >= 4 is 23.6 Å². The Morgan fingerprint density at radius 1 is 1.20 bits per heavy atom. The van der Waals surface area contributed by atoms with Crippen LogP contribution < -0.4 is 4.90 Å². The third-order valence-electron chi connectivity index (χ3n) is 5.73. The lowest BCUT2D eigenvalue weighted by Crippen LogP contribution is -2.47. The Labute approximate surface area is 185 Å². The number of aldehydes is 1. The quantitative estimate of drug-likeness (QED) is 0.538. The average Bonchev–Trinajstić information content (AvgIpc) is 2.92. The maximum atomic E-state index is 12.1. The molecule has 0 aromatic heterocycles. The molecule has 0 spiro atoms. The monoisotopic (exact) mass is 428 g/mol. The van der Waals surface area contributed by atoms with Crippen molar-refractivity contribution in [2.75, 3.05) is 44.2 Å². The summed E-state index contributed by atoms with van der Waals surface area (Å²) in [6, 6.07) is 8.04. The lowest BCUT2D eigenvalue weighted by Gasteiger charge is -2.37. The molecule has 1 aromatic rings. The average molecular weight is 429 g/mol. The van der Waals surface area contributed by atoms with Gasteiger partial charge in [-0.25, -0.2) is 0 Å². The van der Waals surface area contributed by atoms with Crippen LogP contribution in [0.5, 0.6) is 0 Å². The van der Waals surface area contributed by atoms with Gasteiger partial charge in [-0.2, -0.15) is 0 Å². The van der Waals surface area contributed by atoms with Crippen LogP contribution in [-0.2, 0) is 9.53 Å². The molecule has 0 saturated carbocycles. The molecule has 0 amide bonds. The van der Waals surface area contributed by atoms with Gasteiger partial charge in [-0.15, -0.1) is 0 Å². The molecule has 0 bridgehead atoms. The molecule has 1 unspecified atom stereocenters. The van der Waals surface area contributed by atoms with Crippen LogP contribution in [0.25, 0.3) is 0 Å². The molecule has 1 fully saturated rings. The van der Waals surface area contributed by atoms with Gasteiger partial charge >= 0.3 is 0 Å². The molecule has 3 rings (SSSR count). The molecule has 1 saturated heterocycles. The highest BCUT2D eigenvalue weighted by atomic mass is 35.5. The lowest BCUT2D eigenvalue weighted by molar-refractivity contribution is -0.110. The minimum atomic E-state index is -0.310. The largest absolute Gasteiger partial charge is 0.497 e. The minimum absolute atomic E-state index is 0.310. The Kier molecular flexibility index (Phi) is 8.17. The molecule has 0 N–H and O–H groups in total. The summed E-state index contributed by atoms with van der Waals surface area (Å²) in [5.74, 6) is 0.859. The van der Waals surface area contributed by atoms with Gasteiger partial charge in [0.15, 0.2) is 0 Å². The number of carbonyl (C=O) groups excluding carboxylic acids is 1. The van der Waals surface area contributed by atoms with Gasteiger partial charge in [0.25, 0.3) is 0 Å². The van der Waals surface area contributed by atoms with Crippen LogP contribution in [0.15, 0.2) is 59.4 Å². The first-order chi connectivity index (χ1) is 14.5. The summed E-state index contributed by atoms with van der Waals surface area (Å²) in [7, 11) is 0. The first kappa shape index (κ1) is 22.6. The number of anilines is 1. The highest BCUT2D eigenvalue weighted by Gasteiger charge is 2.26. The standard InChI is InChI=1S/C25H33ClN2O2/c1-4-14-30-25-15-20(19(2)3)8-9-21(24(25)18-29)17-27-10-12-28(13-11-27)23-7-5-6-22(26)16-23/h5-9,15-16,18-19,24H,4,10-14,17H2,1-3H3. The lowest BCUT2D eigenvalue weighted by atomic mass is 9.97. The molecule has 162 valence electrons. The Morgan fingerprint density at radius 3 is 2.60 bits per heavy atom. The summed E-state index contributed by atoms with van der Waals surface area (Å²) in [6.07, 6.45) is 8.32. The van der Waals surface area contributed by atoms with E-state index in [0.717, 1.165) is 61.8 Å². The third kappa shape index (κ3) is 5.77. The van der Waals surface area contributed by atoms with Gasteiger partial charge in [0, 0.05) is 43.4 Å². The number of nitrogens with zero attached hydrogens (tertiary/aromatic N) is 2. The summed E-state index contributed by atoms with van der Waals surface area (Å²) in [6.45, 7) is 11.6. The number of hydrogen-bond donors (Lipinski definition) is 0. The molecule has 0 radical (unpaired) electrons. The van der Waals surface area contributed by atoms with Crippen molar-refractivity contribution in [3.63, 3.8) is 0 Å². The zero-order valence-electron chi connectivity index (χ0n) is 18.3. The molecule has 30 heavy (non-hydrogen) atoms. The van der Waals surface area contributed by atoms with Crippen LogP contribution >= 0.6 is 11.6 Å². The van der Waals surface area contributed by atoms with E-state index >= 15 is 0 Å². The van der Waals surface area contributed by atoms with Gasteiger partial charge in [0.05, 0.1) is 12.5 Å². The molecule has 1 atom stereocenters. The van der Waals surface area contributed by atoms with E-state index in [1.54, 1.807) is 0 Å². The topological polar surface area (TPSA) is 32.8 Å². The van der Waals surface area contributed by atoms with Crippen LogP contribution in [0, 0.1) is 11.8 Å². The zero-order chi connectivity index (χ0) is 21.5. The SMILES string of the molecule is CCCOC1=CC(C(C)C)=CC=C(CN2CCN(c3cccc(Cl)c3)CC2)C1C=O. The number of benzene rings is 1. The number of piperazine rings is 1. The molecular formula is C25H33ClN2O2. The van der Waals surface area contributed by atoms with E-state index in [0.29, 0.717) is 12.5 Å². The molecule has 1 aliphatic heterocycles. The van der Waals surface area contributed by atoms with Crippen LogP contribution in [-0.4, -0.2) is 50.5 Å². The summed E-state index contributed by atoms with van der Waals surface area (Å²) in [5, 5.41) is 0.770. The van der Waals surface area contributed by atoms with E-state index in [1.165, 1.54) is 11.3 Å². The van der Waals surface area contributed by atoms with E-state index in [-0.39, 0.29) is 5.92 Å². The number of rotatable bonds is 8. The van der Waals surface area contributed by atoms with Crippen molar-refractivity contribution in [1.29, 1.82) is 0 Å². The van der Waals surface area contributed by atoms with E-state index in [2.05, 4.69) is 54.9 Å². The Bertz CT molecular complexity index is 820. The molecule has 2 aliphatic rings. The van der Waals surface area contributed by atoms with Crippen molar-refractivity contribution in [3.05, 3.63) is 64.4 Å².